The molecule has 0 saturated carbocycles. The maximum Gasteiger partial charge on any atom is 0.0562 e. The van der Waals surface area contributed by atoms with E-state index in [1.807, 2.05) is 0 Å². The van der Waals surface area contributed by atoms with E-state index in [0.29, 0.717) is 0 Å². The third-order valence-electron chi connectivity index (χ3n) is 4.99. The summed E-state index contributed by atoms with van der Waals surface area (Å²) in [7, 11) is 0. The van der Waals surface area contributed by atoms with Crippen LogP contribution in [0.5, 0.6) is 0 Å². The van der Waals surface area contributed by atoms with E-state index in [2.05, 4.69) is 109 Å². The van der Waals surface area contributed by atoms with Crippen LogP contribution >= 0.6 is 0 Å². The highest BCUT2D eigenvalue weighted by Gasteiger charge is 2.17. The molecular formula is C26H25N. The van der Waals surface area contributed by atoms with Gasteiger partial charge in [0.25, 0.3) is 0 Å². The zero-order valence-electron chi connectivity index (χ0n) is 15.8. The molecule has 0 aliphatic carbocycles. The van der Waals surface area contributed by atoms with Gasteiger partial charge in [-0.15, -0.1) is 0 Å². The molecule has 27 heavy (non-hydrogen) atoms. The Morgan fingerprint density at radius 3 is 1.81 bits per heavy atom. The second kappa shape index (κ2) is 8.09. The van der Waals surface area contributed by atoms with Crippen molar-refractivity contribution in [3.05, 3.63) is 108 Å². The van der Waals surface area contributed by atoms with Crippen LogP contribution in [0.2, 0.25) is 0 Å². The summed E-state index contributed by atoms with van der Waals surface area (Å²) in [5.41, 5.74) is 7.94. The van der Waals surface area contributed by atoms with Crippen LogP contribution in [0.1, 0.15) is 24.6 Å². The van der Waals surface area contributed by atoms with E-state index < -0.39 is 0 Å². The Balaban J connectivity index is 1.90. The molecule has 0 bridgehead atoms. The number of benzene rings is 3. The molecular weight excluding hydrogens is 326 g/mol. The van der Waals surface area contributed by atoms with Crippen LogP contribution in [0.25, 0.3) is 22.4 Å². The predicted molar refractivity (Wildman–Crippen MR) is 115 cm³/mol. The molecule has 0 saturated heterocycles. The Labute approximate surface area is 161 Å². The summed E-state index contributed by atoms with van der Waals surface area (Å²) < 4.78 is 2.52. The van der Waals surface area contributed by atoms with E-state index in [4.69, 9.17) is 0 Å². The zero-order valence-corrected chi connectivity index (χ0v) is 15.8. The Morgan fingerprint density at radius 2 is 1.22 bits per heavy atom. The minimum Gasteiger partial charge on any atom is -0.344 e. The number of rotatable bonds is 6. The molecule has 1 aromatic heterocycles. The van der Waals surface area contributed by atoms with Crippen LogP contribution in [-0.2, 0) is 13.0 Å². The second-order valence-corrected chi connectivity index (χ2v) is 6.94. The van der Waals surface area contributed by atoms with Crippen molar-refractivity contribution in [1.29, 1.82) is 0 Å². The monoisotopic (exact) mass is 351 g/mol. The molecule has 1 heteroatoms. The second-order valence-electron chi connectivity index (χ2n) is 6.94. The van der Waals surface area contributed by atoms with E-state index in [-0.39, 0.29) is 0 Å². The summed E-state index contributed by atoms with van der Waals surface area (Å²) in [4.78, 5) is 0. The van der Waals surface area contributed by atoms with Crippen LogP contribution in [-0.4, -0.2) is 4.57 Å². The van der Waals surface area contributed by atoms with Gasteiger partial charge >= 0.3 is 0 Å². The van der Waals surface area contributed by atoms with E-state index in [9.17, 15) is 0 Å². The first kappa shape index (κ1) is 17.4. The van der Waals surface area contributed by atoms with Crippen molar-refractivity contribution < 1.29 is 0 Å². The van der Waals surface area contributed by atoms with Gasteiger partial charge in [-0.1, -0.05) is 97.9 Å². The van der Waals surface area contributed by atoms with Crippen molar-refractivity contribution >= 4 is 0 Å². The molecule has 1 nitrogen and oxygen atoms in total. The summed E-state index contributed by atoms with van der Waals surface area (Å²) in [5, 5.41) is 0. The normalized spacial score (nSPS) is 10.9. The lowest BCUT2D eigenvalue weighted by atomic mass is 10.0. The lowest BCUT2D eigenvalue weighted by molar-refractivity contribution is 0.663. The van der Waals surface area contributed by atoms with Crippen LogP contribution in [0, 0.1) is 0 Å². The van der Waals surface area contributed by atoms with Crippen molar-refractivity contribution in [1.82, 2.24) is 4.57 Å². The average Bonchev–Trinajstić information content (AvgIpc) is 3.08. The highest BCUT2D eigenvalue weighted by atomic mass is 15.0. The van der Waals surface area contributed by atoms with Crippen molar-refractivity contribution in [2.24, 2.45) is 0 Å². The Kier molecular flexibility index (Phi) is 5.20. The SMILES string of the molecule is CCCn1c(Cc2ccccc2)cc(-c2ccccc2)c1-c1ccccc1. The molecule has 0 N–H and O–H groups in total. The van der Waals surface area contributed by atoms with Gasteiger partial charge in [-0.3, -0.25) is 0 Å². The van der Waals surface area contributed by atoms with E-state index in [1.54, 1.807) is 0 Å². The van der Waals surface area contributed by atoms with E-state index in [1.165, 1.54) is 33.6 Å². The molecule has 4 aromatic rings. The van der Waals surface area contributed by atoms with Gasteiger partial charge in [-0.2, -0.15) is 0 Å². The molecule has 0 radical (unpaired) electrons. The van der Waals surface area contributed by atoms with E-state index >= 15 is 0 Å². The Morgan fingerprint density at radius 1 is 0.667 bits per heavy atom. The van der Waals surface area contributed by atoms with Gasteiger partial charge in [0.2, 0.25) is 0 Å². The van der Waals surface area contributed by atoms with Crippen LogP contribution < -0.4 is 0 Å². The summed E-state index contributed by atoms with van der Waals surface area (Å²) in [5.74, 6) is 0. The highest BCUT2D eigenvalue weighted by Crippen LogP contribution is 2.36. The highest BCUT2D eigenvalue weighted by molar-refractivity contribution is 5.82. The largest absolute Gasteiger partial charge is 0.344 e. The maximum absolute atomic E-state index is 2.52. The van der Waals surface area contributed by atoms with Crippen molar-refractivity contribution in [3.63, 3.8) is 0 Å². The van der Waals surface area contributed by atoms with Crippen LogP contribution in [0.15, 0.2) is 97.1 Å². The molecule has 134 valence electrons. The first-order valence-corrected chi connectivity index (χ1v) is 9.74. The van der Waals surface area contributed by atoms with Gasteiger partial charge < -0.3 is 4.57 Å². The number of nitrogens with zero attached hydrogens (tertiary/aromatic N) is 1. The van der Waals surface area contributed by atoms with Gasteiger partial charge in [-0.25, -0.2) is 0 Å². The topological polar surface area (TPSA) is 4.93 Å². The van der Waals surface area contributed by atoms with Gasteiger partial charge in [0.1, 0.15) is 0 Å². The molecule has 0 fully saturated rings. The fourth-order valence-electron chi connectivity index (χ4n) is 3.78. The molecule has 3 aromatic carbocycles. The Hall–Kier alpha value is -3.06. The number of hydrogen-bond donors (Lipinski definition) is 0. The standard InChI is InChI=1S/C26H25N/c1-2-18-27-24(19-21-12-6-3-7-13-21)20-25(22-14-8-4-9-15-22)26(27)23-16-10-5-11-17-23/h3-17,20H,2,18-19H2,1H3. The molecule has 0 amide bonds. The third-order valence-corrected chi connectivity index (χ3v) is 4.99. The molecule has 1 heterocycles. The quantitative estimate of drug-likeness (QED) is 0.359. The number of aromatic nitrogens is 1. The average molecular weight is 351 g/mol. The smallest absolute Gasteiger partial charge is 0.0562 e. The molecule has 0 aliphatic heterocycles. The fourth-order valence-corrected chi connectivity index (χ4v) is 3.78. The van der Waals surface area contributed by atoms with Gasteiger partial charge in [0.05, 0.1) is 5.69 Å². The maximum atomic E-state index is 2.52. The zero-order chi connectivity index (χ0) is 18.5. The first-order valence-electron chi connectivity index (χ1n) is 9.74. The summed E-state index contributed by atoms with van der Waals surface area (Å²) in [6.45, 7) is 3.28. The lowest BCUT2D eigenvalue weighted by Gasteiger charge is -2.14. The molecule has 0 unspecified atom stereocenters. The lowest BCUT2D eigenvalue weighted by Crippen LogP contribution is -2.05. The van der Waals surface area contributed by atoms with Crippen molar-refractivity contribution in [2.45, 2.75) is 26.3 Å². The van der Waals surface area contributed by atoms with E-state index in [0.717, 1.165) is 19.4 Å². The predicted octanol–water partition coefficient (Wildman–Crippen LogP) is 6.82. The minimum atomic E-state index is 0.952. The van der Waals surface area contributed by atoms with Crippen LogP contribution in [0.3, 0.4) is 0 Å². The third kappa shape index (κ3) is 3.73. The first-order chi connectivity index (χ1) is 13.4. The minimum absolute atomic E-state index is 0.952. The van der Waals surface area contributed by atoms with Gasteiger partial charge in [0, 0.05) is 24.2 Å². The van der Waals surface area contributed by atoms with Gasteiger partial charge in [-0.05, 0) is 29.2 Å². The molecule has 0 atom stereocenters. The molecule has 0 spiro atoms. The molecule has 0 aliphatic rings. The van der Waals surface area contributed by atoms with Crippen molar-refractivity contribution in [2.75, 3.05) is 0 Å². The summed E-state index contributed by atoms with van der Waals surface area (Å²) >= 11 is 0. The summed E-state index contributed by atoms with van der Waals surface area (Å²) in [6.07, 6.45) is 2.07. The van der Waals surface area contributed by atoms with Gasteiger partial charge in [0.15, 0.2) is 0 Å². The Bertz CT molecular complexity index is 983. The molecule has 4 rings (SSSR count). The fraction of sp³-hybridized carbons (Fsp3) is 0.154. The van der Waals surface area contributed by atoms with Crippen LogP contribution in [0.4, 0.5) is 0 Å². The van der Waals surface area contributed by atoms with Crippen molar-refractivity contribution in [3.8, 4) is 22.4 Å². The number of hydrogen-bond acceptors (Lipinski definition) is 0. The summed E-state index contributed by atoms with van der Waals surface area (Å²) in [6, 6.07) is 34.7.